The first kappa shape index (κ1) is 21.1. The van der Waals surface area contributed by atoms with Gasteiger partial charge in [0, 0.05) is 5.57 Å². The topological polar surface area (TPSA) is 29.5 Å². The predicted molar refractivity (Wildman–Crippen MR) is 131 cm³/mol. The molecular formula is C27H24BrNO2. The Morgan fingerprint density at radius 2 is 1.77 bits per heavy atom. The van der Waals surface area contributed by atoms with E-state index in [4.69, 9.17) is 4.74 Å². The maximum Gasteiger partial charge on any atom is 0.262 e. The highest BCUT2D eigenvalue weighted by Gasteiger charge is 2.31. The van der Waals surface area contributed by atoms with E-state index in [2.05, 4.69) is 28.9 Å². The summed E-state index contributed by atoms with van der Waals surface area (Å²) in [4.78, 5) is 15.4. The van der Waals surface area contributed by atoms with E-state index in [-0.39, 0.29) is 5.91 Å². The summed E-state index contributed by atoms with van der Waals surface area (Å²) in [5.74, 6) is 0.760. The fourth-order valence-electron chi connectivity index (χ4n) is 3.79. The van der Waals surface area contributed by atoms with Crippen LogP contribution in [0.4, 0.5) is 5.69 Å². The van der Waals surface area contributed by atoms with Gasteiger partial charge in [0.2, 0.25) is 0 Å². The third-order valence-corrected chi connectivity index (χ3v) is 5.84. The zero-order chi connectivity index (χ0) is 22.0. The van der Waals surface area contributed by atoms with Gasteiger partial charge in [-0.15, -0.1) is 0 Å². The molecule has 0 radical (unpaired) electrons. The number of rotatable bonds is 5. The quantitative estimate of drug-likeness (QED) is 0.375. The van der Waals surface area contributed by atoms with Crippen LogP contribution in [0.2, 0.25) is 0 Å². The van der Waals surface area contributed by atoms with Gasteiger partial charge in [0.15, 0.2) is 0 Å². The lowest BCUT2D eigenvalue weighted by Crippen LogP contribution is -2.25. The number of anilines is 1. The largest absolute Gasteiger partial charge is 0.493 e. The zero-order valence-corrected chi connectivity index (χ0v) is 19.4. The number of aryl methyl sites for hydroxylation is 2. The van der Waals surface area contributed by atoms with Gasteiger partial charge in [-0.1, -0.05) is 54.1 Å². The Kier molecular flexibility index (Phi) is 6.10. The molecule has 0 atom stereocenters. The first-order valence-corrected chi connectivity index (χ1v) is 11.1. The third kappa shape index (κ3) is 4.35. The van der Waals surface area contributed by atoms with Crippen molar-refractivity contribution >= 4 is 39.3 Å². The first-order chi connectivity index (χ1) is 15.0. The van der Waals surface area contributed by atoms with E-state index >= 15 is 0 Å². The molecule has 31 heavy (non-hydrogen) atoms. The number of carbonyl (C=O) groups is 1. The number of halogens is 1. The van der Waals surface area contributed by atoms with Crippen LogP contribution >= 0.6 is 15.9 Å². The summed E-state index contributed by atoms with van der Waals surface area (Å²) >= 11 is 3.56. The Hall–Kier alpha value is -3.11. The molecule has 1 heterocycles. The fraction of sp³-hybridized carbons (Fsp3) is 0.148. The summed E-state index contributed by atoms with van der Waals surface area (Å²) in [5, 5.41) is 0. The maximum absolute atomic E-state index is 13.6. The lowest BCUT2D eigenvalue weighted by atomic mass is 10.1. The molecular weight excluding hydrogens is 450 g/mol. The maximum atomic E-state index is 13.6. The van der Waals surface area contributed by atoms with E-state index in [1.54, 1.807) is 0 Å². The Bertz CT molecular complexity index is 1200. The molecule has 156 valence electrons. The lowest BCUT2D eigenvalue weighted by Gasteiger charge is -2.23. The van der Waals surface area contributed by atoms with Gasteiger partial charge in [-0.2, -0.15) is 0 Å². The monoisotopic (exact) mass is 473 g/mol. The molecule has 1 amide bonds. The number of hydrogen-bond acceptors (Lipinski definition) is 2. The molecule has 1 aliphatic heterocycles. The zero-order valence-electron chi connectivity index (χ0n) is 17.9. The highest BCUT2D eigenvalue weighted by molar-refractivity contribution is 9.10. The Labute approximate surface area is 191 Å². The number of nitrogens with zero attached hydrogens (tertiary/aromatic N) is 1. The second-order valence-corrected chi connectivity index (χ2v) is 8.40. The van der Waals surface area contributed by atoms with Gasteiger partial charge in [-0.05, 0) is 83.7 Å². The number of benzene rings is 3. The molecule has 0 N–H and O–H groups in total. The van der Waals surface area contributed by atoms with Crippen LogP contribution in [0.3, 0.4) is 0 Å². The molecule has 0 unspecified atom stereocenters. The Morgan fingerprint density at radius 1 is 1.00 bits per heavy atom. The molecule has 3 aromatic carbocycles. The lowest BCUT2D eigenvalue weighted by molar-refractivity contribution is -0.113. The number of carbonyl (C=O) groups excluding carboxylic acids is 1. The fourth-order valence-corrected chi connectivity index (χ4v) is 4.30. The summed E-state index contributed by atoms with van der Waals surface area (Å²) in [5.41, 5.74) is 6.62. The van der Waals surface area contributed by atoms with Gasteiger partial charge in [-0.3, -0.25) is 9.69 Å². The van der Waals surface area contributed by atoms with E-state index in [0.717, 1.165) is 38.3 Å². The van der Waals surface area contributed by atoms with E-state index in [1.165, 1.54) is 5.56 Å². The van der Waals surface area contributed by atoms with Crippen molar-refractivity contribution in [1.29, 1.82) is 0 Å². The van der Waals surface area contributed by atoms with Crippen molar-refractivity contribution in [3.8, 4) is 5.75 Å². The predicted octanol–water partition coefficient (Wildman–Crippen LogP) is 6.94. The van der Waals surface area contributed by atoms with E-state index in [0.29, 0.717) is 12.2 Å². The van der Waals surface area contributed by atoms with Crippen molar-refractivity contribution in [2.75, 3.05) is 11.5 Å². The van der Waals surface area contributed by atoms with Gasteiger partial charge in [0.1, 0.15) is 5.75 Å². The molecule has 0 fully saturated rings. The number of hydrogen-bond donors (Lipinski definition) is 0. The minimum absolute atomic E-state index is 0.0317. The Balaban J connectivity index is 1.79. The summed E-state index contributed by atoms with van der Waals surface area (Å²) in [6.45, 7) is 6.66. The SMILES string of the molecule is CCOc1ccc(/C=C2\C=C(c3ccccc3)N(c3ccc(C)cc3C)C2=O)cc1Br. The number of ether oxygens (including phenoxy) is 1. The standard InChI is InChI=1S/C27H24BrNO2/c1-4-31-26-13-11-20(16-23(26)28)15-22-17-25(21-8-6-5-7-9-21)29(27(22)30)24-12-10-18(2)14-19(24)3/h5-17H,4H2,1-3H3/b22-15+. The van der Waals surface area contributed by atoms with Crippen LogP contribution in [0.5, 0.6) is 5.75 Å². The van der Waals surface area contributed by atoms with Crippen LogP contribution in [0.25, 0.3) is 11.8 Å². The van der Waals surface area contributed by atoms with E-state index in [9.17, 15) is 4.79 Å². The minimum atomic E-state index is -0.0317. The highest BCUT2D eigenvalue weighted by Crippen LogP contribution is 2.37. The molecule has 0 aromatic heterocycles. The normalized spacial score (nSPS) is 14.8. The van der Waals surface area contributed by atoms with Crippen LogP contribution in [-0.2, 0) is 4.79 Å². The highest BCUT2D eigenvalue weighted by atomic mass is 79.9. The molecule has 0 saturated carbocycles. The third-order valence-electron chi connectivity index (χ3n) is 5.22. The average molecular weight is 474 g/mol. The van der Waals surface area contributed by atoms with Gasteiger partial charge in [0.25, 0.3) is 5.91 Å². The van der Waals surface area contributed by atoms with Crippen LogP contribution < -0.4 is 9.64 Å². The van der Waals surface area contributed by atoms with Gasteiger partial charge in [0.05, 0.1) is 22.5 Å². The van der Waals surface area contributed by atoms with E-state index in [1.807, 2.05) is 91.6 Å². The van der Waals surface area contributed by atoms with Crippen molar-refractivity contribution in [3.63, 3.8) is 0 Å². The van der Waals surface area contributed by atoms with Crippen molar-refractivity contribution < 1.29 is 9.53 Å². The van der Waals surface area contributed by atoms with Crippen molar-refractivity contribution in [1.82, 2.24) is 0 Å². The van der Waals surface area contributed by atoms with E-state index < -0.39 is 0 Å². The minimum Gasteiger partial charge on any atom is -0.493 e. The van der Waals surface area contributed by atoms with Crippen LogP contribution in [0.1, 0.15) is 29.2 Å². The molecule has 4 rings (SSSR count). The van der Waals surface area contributed by atoms with Crippen molar-refractivity contribution in [2.45, 2.75) is 20.8 Å². The first-order valence-electron chi connectivity index (χ1n) is 10.3. The average Bonchev–Trinajstić information content (AvgIpc) is 3.07. The van der Waals surface area contributed by atoms with Gasteiger partial charge < -0.3 is 4.74 Å². The number of amides is 1. The molecule has 0 aliphatic carbocycles. The summed E-state index contributed by atoms with van der Waals surface area (Å²) in [6, 6.07) is 22.1. The summed E-state index contributed by atoms with van der Waals surface area (Å²) in [6.07, 6.45) is 3.90. The second-order valence-electron chi connectivity index (χ2n) is 7.55. The second kappa shape index (κ2) is 8.94. The van der Waals surface area contributed by atoms with Crippen LogP contribution in [0.15, 0.2) is 82.9 Å². The van der Waals surface area contributed by atoms with Crippen LogP contribution in [0, 0.1) is 13.8 Å². The molecule has 0 bridgehead atoms. The molecule has 0 saturated heterocycles. The summed E-state index contributed by atoms with van der Waals surface area (Å²) < 4.78 is 6.47. The molecule has 0 spiro atoms. The van der Waals surface area contributed by atoms with Crippen molar-refractivity contribution in [2.24, 2.45) is 0 Å². The molecule has 4 heteroatoms. The molecule has 3 aromatic rings. The molecule has 3 nitrogen and oxygen atoms in total. The molecule has 1 aliphatic rings. The van der Waals surface area contributed by atoms with Gasteiger partial charge >= 0.3 is 0 Å². The smallest absolute Gasteiger partial charge is 0.262 e. The van der Waals surface area contributed by atoms with Gasteiger partial charge in [-0.25, -0.2) is 0 Å². The Morgan fingerprint density at radius 3 is 2.45 bits per heavy atom. The van der Waals surface area contributed by atoms with Crippen molar-refractivity contribution in [3.05, 3.63) is 105 Å². The summed E-state index contributed by atoms with van der Waals surface area (Å²) in [7, 11) is 0. The van der Waals surface area contributed by atoms with Crippen LogP contribution in [-0.4, -0.2) is 12.5 Å².